The number of nitrogens with zero attached hydrogens (tertiary/aromatic N) is 1. The van der Waals surface area contributed by atoms with Gasteiger partial charge in [-0.25, -0.2) is 5.43 Å². The molecular formula is C5H6N2O. The van der Waals surface area contributed by atoms with Crippen LogP contribution in [0.25, 0.3) is 0 Å². The van der Waals surface area contributed by atoms with Crippen molar-refractivity contribution in [2.75, 3.05) is 0 Å². The first-order valence-electron chi connectivity index (χ1n) is 2.71. The maximum Gasteiger partial charge on any atom is 0.243 e. The van der Waals surface area contributed by atoms with Gasteiger partial charge in [0.05, 0.1) is 0 Å². The van der Waals surface area contributed by atoms with Crippen LogP contribution in [0.15, 0.2) is 5.10 Å². The molecule has 0 aromatic rings. The SMILES string of the molecule is O=C1NN=CC2CC12. The fourth-order valence-corrected chi connectivity index (χ4v) is 0.960. The molecule has 0 radical (unpaired) electrons. The molecule has 42 valence electrons. The molecule has 0 saturated heterocycles. The molecule has 1 aliphatic carbocycles. The topological polar surface area (TPSA) is 41.5 Å². The Hall–Kier alpha value is -0.860. The zero-order chi connectivity index (χ0) is 5.56. The molecule has 2 atom stereocenters. The molecule has 0 aromatic carbocycles. The summed E-state index contributed by atoms with van der Waals surface area (Å²) in [6, 6.07) is 0. The zero-order valence-corrected chi connectivity index (χ0v) is 4.29. The van der Waals surface area contributed by atoms with Crippen LogP contribution in [-0.2, 0) is 4.79 Å². The van der Waals surface area contributed by atoms with Crippen LogP contribution in [0.1, 0.15) is 6.42 Å². The van der Waals surface area contributed by atoms with E-state index in [0.29, 0.717) is 5.92 Å². The molecule has 0 spiro atoms. The Morgan fingerprint density at radius 1 is 1.88 bits per heavy atom. The largest absolute Gasteiger partial charge is 0.273 e. The van der Waals surface area contributed by atoms with E-state index in [0.717, 1.165) is 6.42 Å². The Morgan fingerprint density at radius 2 is 2.75 bits per heavy atom. The number of hydrogen-bond acceptors (Lipinski definition) is 2. The van der Waals surface area contributed by atoms with Crippen molar-refractivity contribution in [2.45, 2.75) is 6.42 Å². The van der Waals surface area contributed by atoms with Gasteiger partial charge in [0.2, 0.25) is 5.91 Å². The van der Waals surface area contributed by atoms with Crippen molar-refractivity contribution in [1.29, 1.82) is 0 Å². The van der Waals surface area contributed by atoms with Gasteiger partial charge in [0.15, 0.2) is 0 Å². The highest BCUT2D eigenvalue weighted by Gasteiger charge is 2.43. The number of hydrazone groups is 1. The van der Waals surface area contributed by atoms with Gasteiger partial charge in [0.1, 0.15) is 0 Å². The average molecular weight is 110 g/mol. The van der Waals surface area contributed by atoms with E-state index in [9.17, 15) is 4.79 Å². The van der Waals surface area contributed by atoms with E-state index < -0.39 is 0 Å². The van der Waals surface area contributed by atoms with Gasteiger partial charge >= 0.3 is 0 Å². The second-order valence-electron chi connectivity index (χ2n) is 2.26. The predicted octanol–water partition coefficient (Wildman–Crippen LogP) is -0.262. The number of fused-ring (bicyclic) bond motifs is 1. The average Bonchev–Trinajstić information content (AvgIpc) is 2.45. The Kier molecular flexibility index (Phi) is 0.559. The summed E-state index contributed by atoms with van der Waals surface area (Å²) in [5.74, 6) is 0.841. The van der Waals surface area contributed by atoms with Gasteiger partial charge in [0.25, 0.3) is 0 Å². The lowest BCUT2D eigenvalue weighted by Crippen LogP contribution is -2.23. The van der Waals surface area contributed by atoms with E-state index in [1.165, 1.54) is 0 Å². The van der Waals surface area contributed by atoms with E-state index >= 15 is 0 Å². The monoisotopic (exact) mass is 110 g/mol. The van der Waals surface area contributed by atoms with Crippen molar-refractivity contribution in [3.8, 4) is 0 Å². The van der Waals surface area contributed by atoms with Gasteiger partial charge in [-0.3, -0.25) is 4.79 Å². The lowest BCUT2D eigenvalue weighted by Gasteiger charge is -1.99. The highest BCUT2D eigenvalue weighted by molar-refractivity contribution is 5.90. The summed E-state index contributed by atoms with van der Waals surface area (Å²) in [6.45, 7) is 0. The molecule has 1 saturated carbocycles. The molecule has 0 aromatic heterocycles. The van der Waals surface area contributed by atoms with Crippen molar-refractivity contribution in [1.82, 2.24) is 5.43 Å². The van der Waals surface area contributed by atoms with Gasteiger partial charge in [-0.2, -0.15) is 5.10 Å². The summed E-state index contributed by atoms with van der Waals surface area (Å²) < 4.78 is 0. The minimum Gasteiger partial charge on any atom is -0.273 e. The first kappa shape index (κ1) is 4.06. The highest BCUT2D eigenvalue weighted by atomic mass is 16.2. The third-order valence-electron chi connectivity index (χ3n) is 1.62. The smallest absolute Gasteiger partial charge is 0.243 e. The number of hydrogen-bond donors (Lipinski definition) is 1. The van der Waals surface area contributed by atoms with Gasteiger partial charge in [-0.15, -0.1) is 0 Å². The van der Waals surface area contributed by atoms with Crippen LogP contribution >= 0.6 is 0 Å². The summed E-state index contributed by atoms with van der Waals surface area (Å²) >= 11 is 0. The van der Waals surface area contributed by atoms with E-state index in [2.05, 4.69) is 10.5 Å². The molecule has 3 heteroatoms. The summed E-state index contributed by atoms with van der Waals surface area (Å²) in [7, 11) is 0. The van der Waals surface area contributed by atoms with E-state index in [1.807, 2.05) is 6.21 Å². The number of nitrogens with one attached hydrogen (secondary N) is 1. The van der Waals surface area contributed by atoms with Crippen LogP contribution in [0.5, 0.6) is 0 Å². The lowest BCUT2D eigenvalue weighted by atomic mass is 10.3. The van der Waals surface area contributed by atoms with Gasteiger partial charge in [0, 0.05) is 18.1 Å². The summed E-state index contributed by atoms with van der Waals surface area (Å²) in [5, 5.41) is 3.66. The molecule has 1 amide bonds. The quantitative estimate of drug-likeness (QED) is 0.458. The van der Waals surface area contributed by atoms with Crippen molar-refractivity contribution >= 4 is 12.1 Å². The second kappa shape index (κ2) is 1.10. The van der Waals surface area contributed by atoms with Crippen LogP contribution in [0.4, 0.5) is 0 Å². The number of rotatable bonds is 0. The number of carbonyl (C=O) groups excluding carboxylic acids is 1. The Bertz CT molecular complexity index is 164. The van der Waals surface area contributed by atoms with Crippen molar-refractivity contribution in [2.24, 2.45) is 16.9 Å². The number of amides is 1. The predicted molar refractivity (Wildman–Crippen MR) is 28.2 cm³/mol. The van der Waals surface area contributed by atoms with Crippen molar-refractivity contribution in [3.05, 3.63) is 0 Å². The first-order valence-corrected chi connectivity index (χ1v) is 2.71. The molecule has 1 heterocycles. The van der Waals surface area contributed by atoms with Crippen LogP contribution in [-0.4, -0.2) is 12.1 Å². The van der Waals surface area contributed by atoms with Gasteiger partial charge in [-0.05, 0) is 6.42 Å². The summed E-state index contributed by atoms with van der Waals surface area (Å²) in [5.41, 5.74) is 2.40. The van der Waals surface area contributed by atoms with E-state index in [1.54, 1.807) is 0 Å². The van der Waals surface area contributed by atoms with Gasteiger partial charge in [-0.1, -0.05) is 0 Å². The third-order valence-corrected chi connectivity index (χ3v) is 1.62. The Balaban J connectivity index is 2.25. The molecule has 1 aliphatic heterocycles. The molecule has 1 fully saturated rings. The maximum absolute atomic E-state index is 10.6. The van der Waals surface area contributed by atoms with Gasteiger partial charge < -0.3 is 0 Å². The minimum absolute atomic E-state index is 0.0949. The Morgan fingerprint density at radius 3 is 3.38 bits per heavy atom. The molecule has 0 bridgehead atoms. The fraction of sp³-hybridized carbons (Fsp3) is 0.600. The minimum atomic E-state index is 0.0949. The first-order chi connectivity index (χ1) is 3.88. The molecule has 2 rings (SSSR count). The highest BCUT2D eigenvalue weighted by Crippen LogP contribution is 2.38. The lowest BCUT2D eigenvalue weighted by molar-refractivity contribution is -0.122. The van der Waals surface area contributed by atoms with E-state index in [-0.39, 0.29) is 11.8 Å². The normalized spacial score (nSPS) is 40.8. The summed E-state index contributed by atoms with van der Waals surface area (Å²) in [4.78, 5) is 10.6. The Labute approximate surface area is 46.8 Å². The maximum atomic E-state index is 10.6. The van der Waals surface area contributed by atoms with Crippen molar-refractivity contribution < 1.29 is 4.79 Å². The zero-order valence-electron chi connectivity index (χ0n) is 4.29. The molecule has 1 N–H and O–H groups in total. The van der Waals surface area contributed by atoms with Crippen LogP contribution in [0.3, 0.4) is 0 Å². The van der Waals surface area contributed by atoms with Crippen molar-refractivity contribution in [3.63, 3.8) is 0 Å². The fourth-order valence-electron chi connectivity index (χ4n) is 0.960. The standard InChI is InChI=1S/C5H6N2O/c8-5-4-1-3(4)2-6-7-5/h2-4H,1H2,(H,7,8). The van der Waals surface area contributed by atoms with E-state index in [4.69, 9.17) is 0 Å². The molecule has 2 unspecified atom stereocenters. The molecule has 2 aliphatic rings. The third kappa shape index (κ3) is 0.384. The number of carbonyl (C=O) groups is 1. The molecule has 3 nitrogen and oxygen atoms in total. The van der Waals surface area contributed by atoms with Crippen LogP contribution < -0.4 is 5.43 Å². The molecular weight excluding hydrogens is 104 g/mol. The van der Waals surface area contributed by atoms with Crippen LogP contribution in [0.2, 0.25) is 0 Å². The molecule has 8 heavy (non-hydrogen) atoms. The second-order valence-corrected chi connectivity index (χ2v) is 2.26. The summed E-state index contributed by atoms with van der Waals surface area (Å²) in [6.07, 6.45) is 2.82. The van der Waals surface area contributed by atoms with Crippen LogP contribution in [0, 0.1) is 11.8 Å².